The lowest BCUT2D eigenvalue weighted by Crippen LogP contribution is -2.40. The van der Waals surface area contributed by atoms with Crippen LogP contribution < -0.4 is 9.47 Å². The van der Waals surface area contributed by atoms with E-state index in [4.69, 9.17) is 32.9 Å². The van der Waals surface area contributed by atoms with Gasteiger partial charge in [0.25, 0.3) is 0 Å². The highest BCUT2D eigenvalue weighted by Gasteiger charge is 2.37. The van der Waals surface area contributed by atoms with E-state index in [0.29, 0.717) is 17.9 Å². The van der Waals surface area contributed by atoms with Crippen LogP contribution in [0.2, 0.25) is 18.1 Å². The molecule has 0 amide bonds. The average Bonchev–Trinajstić information content (AvgIpc) is 3.61. The number of rotatable bonds is 10. The number of aromatic carboxylic acids is 2. The van der Waals surface area contributed by atoms with Crippen molar-refractivity contribution in [2.45, 2.75) is 52.1 Å². The van der Waals surface area contributed by atoms with Crippen molar-refractivity contribution in [3.63, 3.8) is 0 Å². The normalized spacial score (nSPS) is 11.4. The second-order valence-corrected chi connectivity index (χ2v) is 15.6. The molecule has 0 saturated heterocycles. The molecule has 2 heterocycles. The summed E-state index contributed by atoms with van der Waals surface area (Å²) in [5.74, 6) is -0.763. The first-order valence-electron chi connectivity index (χ1n) is 12.9. The van der Waals surface area contributed by atoms with Crippen molar-refractivity contribution in [3.8, 4) is 22.6 Å². The lowest BCUT2D eigenvalue weighted by atomic mass is 10.1. The van der Waals surface area contributed by atoms with Gasteiger partial charge in [0, 0.05) is 11.1 Å². The standard InChI is InChI=1S/C19H16O5.C12H20O4Si/c1-22-16-6-2-14(3-7-16)15-4-8-17(9-5-15)23-11-13-10-18(19(20)21)24-12-13;1-12(2,3)17(4,5)16-8-9-6-10(11(13)14)15-7-9/h2-10,12H,11H2,1H3,(H,20,21);6-7H,8H2,1-5H3,(H,13,14). The number of hydrogen-bond acceptors (Lipinski definition) is 7. The SMILES string of the molecule is CC(C)(C)[Si](C)(C)OCc1coc(C(=O)O)c1.COc1ccc(-c2ccc(OCc3coc(C(=O)O)c3)cc2)cc1. The highest BCUT2D eigenvalue weighted by Crippen LogP contribution is 2.37. The number of methoxy groups -OCH3 is 1. The zero-order valence-corrected chi connectivity index (χ0v) is 25.1. The third kappa shape index (κ3) is 8.85. The van der Waals surface area contributed by atoms with Gasteiger partial charge in [-0.1, -0.05) is 45.0 Å². The van der Waals surface area contributed by atoms with E-state index in [1.54, 1.807) is 7.11 Å². The van der Waals surface area contributed by atoms with Gasteiger partial charge in [-0.15, -0.1) is 0 Å². The highest BCUT2D eigenvalue weighted by molar-refractivity contribution is 6.74. The van der Waals surface area contributed by atoms with Gasteiger partial charge in [0.15, 0.2) is 8.32 Å². The van der Waals surface area contributed by atoms with Crippen LogP contribution in [0.3, 0.4) is 0 Å². The molecule has 0 aliphatic rings. The molecule has 218 valence electrons. The highest BCUT2D eigenvalue weighted by atomic mass is 28.4. The summed E-state index contributed by atoms with van der Waals surface area (Å²) in [5, 5.41) is 17.7. The fourth-order valence-electron chi connectivity index (χ4n) is 3.30. The van der Waals surface area contributed by atoms with Crippen molar-refractivity contribution in [2.24, 2.45) is 0 Å². The van der Waals surface area contributed by atoms with Crippen LogP contribution in [-0.2, 0) is 17.6 Å². The van der Waals surface area contributed by atoms with Crippen LogP contribution in [0, 0.1) is 0 Å². The van der Waals surface area contributed by atoms with Crippen molar-refractivity contribution in [2.75, 3.05) is 7.11 Å². The molecule has 2 aromatic carbocycles. The molecule has 9 nitrogen and oxygen atoms in total. The monoisotopic (exact) mass is 580 g/mol. The Morgan fingerprint density at radius 2 is 1.20 bits per heavy atom. The van der Waals surface area contributed by atoms with E-state index < -0.39 is 20.3 Å². The van der Waals surface area contributed by atoms with Crippen molar-refractivity contribution in [1.29, 1.82) is 0 Å². The Morgan fingerprint density at radius 1 is 0.756 bits per heavy atom. The Balaban J connectivity index is 0.000000241. The summed E-state index contributed by atoms with van der Waals surface area (Å²) in [7, 11) is -0.155. The molecular weight excluding hydrogens is 544 g/mol. The topological polar surface area (TPSA) is 129 Å². The fourth-order valence-corrected chi connectivity index (χ4v) is 4.26. The van der Waals surface area contributed by atoms with Gasteiger partial charge >= 0.3 is 11.9 Å². The molecule has 2 aromatic heterocycles. The first-order chi connectivity index (χ1) is 19.3. The molecule has 0 aliphatic carbocycles. The lowest BCUT2D eigenvalue weighted by molar-refractivity contribution is 0.0652. The predicted octanol–water partition coefficient (Wildman–Crippen LogP) is 7.73. The Kier molecular flexibility index (Phi) is 10.2. The summed E-state index contributed by atoms with van der Waals surface area (Å²) < 4.78 is 26.6. The van der Waals surface area contributed by atoms with Crippen LogP contribution in [0.15, 0.2) is 82.0 Å². The first-order valence-corrected chi connectivity index (χ1v) is 15.8. The molecule has 41 heavy (non-hydrogen) atoms. The van der Waals surface area contributed by atoms with Crippen LogP contribution in [0.25, 0.3) is 11.1 Å². The average molecular weight is 581 g/mol. The van der Waals surface area contributed by atoms with Crippen LogP contribution in [0.1, 0.15) is 53.0 Å². The Bertz CT molecular complexity index is 1430. The van der Waals surface area contributed by atoms with E-state index in [2.05, 4.69) is 33.9 Å². The number of carboxylic acid groups (broad SMARTS) is 2. The van der Waals surface area contributed by atoms with Crippen LogP contribution in [0.5, 0.6) is 11.5 Å². The summed E-state index contributed by atoms with van der Waals surface area (Å²) in [6.07, 6.45) is 2.83. The summed E-state index contributed by atoms with van der Waals surface area (Å²) in [5.41, 5.74) is 3.60. The van der Waals surface area contributed by atoms with E-state index in [-0.39, 0.29) is 23.2 Å². The van der Waals surface area contributed by atoms with E-state index in [1.807, 2.05) is 48.5 Å². The van der Waals surface area contributed by atoms with Crippen molar-refractivity contribution >= 4 is 20.3 Å². The third-order valence-electron chi connectivity index (χ3n) is 6.82. The van der Waals surface area contributed by atoms with Crippen LogP contribution >= 0.6 is 0 Å². The molecular formula is C31H36O9Si. The molecule has 0 atom stereocenters. The molecule has 4 rings (SSSR count). The van der Waals surface area contributed by atoms with Crippen LogP contribution in [0.4, 0.5) is 0 Å². The largest absolute Gasteiger partial charge is 0.497 e. The molecule has 0 radical (unpaired) electrons. The maximum Gasteiger partial charge on any atom is 0.371 e. The molecule has 4 aromatic rings. The lowest BCUT2D eigenvalue weighted by Gasteiger charge is -2.36. The first kappa shape index (κ1) is 31.2. The minimum Gasteiger partial charge on any atom is -0.497 e. The Hall–Kier alpha value is -4.28. The molecule has 10 heteroatoms. The maximum absolute atomic E-state index is 10.8. The molecule has 0 aliphatic heterocycles. The number of benzene rings is 2. The van der Waals surface area contributed by atoms with Gasteiger partial charge in [-0.05, 0) is 65.7 Å². The predicted molar refractivity (Wildman–Crippen MR) is 156 cm³/mol. The zero-order chi connectivity index (χ0) is 30.2. The van der Waals surface area contributed by atoms with E-state index in [1.165, 1.54) is 24.7 Å². The van der Waals surface area contributed by atoms with E-state index in [9.17, 15) is 9.59 Å². The summed E-state index contributed by atoms with van der Waals surface area (Å²) >= 11 is 0. The molecule has 0 spiro atoms. The fraction of sp³-hybridized carbons (Fsp3) is 0.290. The molecule has 0 saturated carbocycles. The van der Waals surface area contributed by atoms with Crippen molar-refractivity contribution in [1.82, 2.24) is 0 Å². The quantitative estimate of drug-likeness (QED) is 0.181. The van der Waals surface area contributed by atoms with Gasteiger partial charge in [0.1, 0.15) is 18.1 Å². The number of carboxylic acids is 2. The van der Waals surface area contributed by atoms with Gasteiger partial charge in [0.05, 0.1) is 26.2 Å². The minimum atomic E-state index is -1.79. The second-order valence-electron chi connectivity index (χ2n) is 10.8. The Morgan fingerprint density at radius 3 is 1.59 bits per heavy atom. The zero-order valence-electron chi connectivity index (χ0n) is 24.1. The molecule has 2 N–H and O–H groups in total. The number of hydrogen-bond donors (Lipinski definition) is 2. The molecule has 0 fully saturated rings. The smallest absolute Gasteiger partial charge is 0.371 e. The van der Waals surface area contributed by atoms with E-state index >= 15 is 0 Å². The number of carbonyl (C=O) groups is 2. The minimum absolute atomic E-state index is 0.0427. The molecule has 0 bridgehead atoms. The van der Waals surface area contributed by atoms with Gasteiger partial charge in [-0.25, -0.2) is 9.59 Å². The van der Waals surface area contributed by atoms with Crippen molar-refractivity contribution in [3.05, 3.63) is 95.8 Å². The Labute approximate surface area is 240 Å². The second kappa shape index (κ2) is 13.4. The summed E-state index contributed by atoms with van der Waals surface area (Å²) in [4.78, 5) is 21.4. The van der Waals surface area contributed by atoms with Gasteiger partial charge in [-0.3, -0.25) is 0 Å². The number of ether oxygens (including phenoxy) is 2. The number of furan rings is 2. The van der Waals surface area contributed by atoms with Crippen molar-refractivity contribution < 1.29 is 42.5 Å². The summed E-state index contributed by atoms with van der Waals surface area (Å²) in [6.45, 7) is 11.5. The van der Waals surface area contributed by atoms with E-state index in [0.717, 1.165) is 22.4 Å². The summed E-state index contributed by atoms with van der Waals surface area (Å²) in [6, 6.07) is 18.5. The van der Waals surface area contributed by atoms with Gasteiger partial charge < -0.3 is 32.9 Å². The molecule has 0 unspecified atom stereocenters. The van der Waals surface area contributed by atoms with Crippen LogP contribution in [-0.4, -0.2) is 37.6 Å². The maximum atomic E-state index is 10.8. The van der Waals surface area contributed by atoms with Gasteiger partial charge in [0.2, 0.25) is 11.5 Å². The third-order valence-corrected chi connectivity index (χ3v) is 11.3. The van der Waals surface area contributed by atoms with Gasteiger partial charge in [-0.2, -0.15) is 0 Å².